The van der Waals surface area contributed by atoms with E-state index < -0.39 is 136 Å². The van der Waals surface area contributed by atoms with Crippen LogP contribution in [0.4, 0.5) is 0 Å². The zero-order valence-electron chi connectivity index (χ0n) is 41.0. The minimum atomic E-state index is -1.90. The Morgan fingerprint density at radius 2 is 1.28 bits per heavy atom. The fraction of sp³-hybridized carbons (Fsp3) is 0.959. The molecule has 394 valence electrons. The Bertz CT molecular complexity index is 1720. The fourth-order valence-corrected chi connectivity index (χ4v) is 14.6. The first-order valence-electron chi connectivity index (χ1n) is 25.1. The molecule has 3 saturated heterocycles. The van der Waals surface area contributed by atoms with Crippen molar-refractivity contribution >= 4 is 0 Å². The van der Waals surface area contributed by atoms with Crippen LogP contribution >= 0.6 is 0 Å². The SMILES string of the molecule is CC[C@@]12CCC([C@H](C)CC[C@@H](O[C@@H]3O[C@H](CO[C@@H]4O[C@H](CO)[C@@H](O)[C@H](O)[C@H]4O)[C@@H](O)[C@H](O)[C@H]3O[C@@H]3O[C@H](CO)[C@@H](O)[C@H](O)[C@H]3O)C(C)(C)O)[C@@]1(C)C[C@@H](O)[C@@]1(C)C3CC[C@H](O)C(C)(C)C3=CCC12. The quantitative estimate of drug-likeness (QED) is 0.0906. The Hall–Kier alpha value is -1.02. The van der Waals surface area contributed by atoms with Crippen LogP contribution < -0.4 is 0 Å². The van der Waals surface area contributed by atoms with Crippen LogP contribution in [0.5, 0.6) is 0 Å². The first-order chi connectivity index (χ1) is 31.7. The molecule has 0 spiro atoms. The molecule has 19 nitrogen and oxygen atoms in total. The van der Waals surface area contributed by atoms with Crippen LogP contribution in [-0.4, -0.2) is 202 Å². The van der Waals surface area contributed by atoms with Crippen LogP contribution in [0.15, 0.2) is 11.6 Å². The first kappa shape index (κ1) is 54.7. The summed E-state index contributed by atoms with van der Waals surface area (Å²) >= 11 is 0. The summed E-state index contributed by atoms with van der Waals surface area (Å²) < 4.78 is 35.5. The van der Waals surface area contributed by atoms with Crippen LogP contribution in [-0.2, 0) is 28.4 Å². The molecule has 0 aromatic carbocycles. The molecule has 0 aromatic heterocycles. The summed E-state index contributed by atoms with van der Waals surface area (Å²) in [6.07, 6.45) is -18.1. The van der Waals surface area contributed by atoms with Crippen molar-refractivity contribution in [2.45, 2.75) is 229 Å². The Morgan fingerprint density at radius 1 is 0.706 bits per heavy atom. The van der Waals surface area contributed by atoms with E-state index in [4.69, 9.17) is 28.4 Å². The molecule has 13 N–H and O–H groups in total. The van der Waals surface area contributed by atoms with Crippen LogP contribution in [0.1, 0.15) is 113 Å². The van der Waals surface area contributed by atoms with Crippen molar-refractivity contribution in [1.29, 1.82) is 0 Å². The van der Waals surface area contributed by atoms with Crippen molar-refractivity contribution in [2.24, 2.45) is 45.3 Å². The predicted molar refractivity (Wildman–Crippen MR) is 240 cm³/mol. The van der Waals surface area contributed by atoms with Crippen LogP contribution in [0.2, 0.25) is 0 Å². The lowest BCUT2D eigenvalue weighted by atomic mass is 9.37. The van der Waals surface area contributed by atoms with Gasteiger partial charge in [0.15, 0.2) is 18.9 Å². The minimum absolute atomic E-state index is 0.0527. The second-order valence-electron chi connectivity index (χ2n) is 23.2. The van der Waals surface area contributed by atoms with E-state index in [0.717, 1.165) is 32.1 Å². The molecule has 3 unspecified atom stereocenters. The second-order valence-corrected chi connectivity index (χ2v) is 23.2. The molecule has 0 amide bonds. The number of aliphatic hydroxyl groups excluding tert-OH is 12. The van der Waals surface area contributed by atoms with E-state index >= 15 is 0 Å². The fourth-order valence-electron chi connectivity index (χ4n) is 14.6. The van der Waals surface area contributed by atoms with E-state index in [0.29, 0.717) is 19.3 Å². The van der Waals surface area contributed by atoms with Crippen molar-refractivity contribution in [3.05, 3.63) is 11.6 Å². The number of rotatable bonds is 15. The average molecular weight is 977 g/mol. The molecule has 25 atom stereocenters. The second kappa shape index (κ2) is 20.4. The van der Waals surface area contributed by atoms with Gasteiger partial charge in [0, 0.05) is 10.8 Å². The van der Waals surface area contributed by atoms with Crippen LogP contribution in [0.25, 0.3) is 0 Å². The van der Waals surface area contributed by atoms with Gasteiger partial charge in [0.25, 0.3) is 0 Å². The van der Waals surface area contributed by atoms with Gasteiger partial charge in [0.2, 0.25) is 0 Å². The molecular weight excluding hydrogens is 893 g/mol. The third kappa shape index (κ3) is 9.21. The van der Waals surface area contributed by atoms with E-state index in [1.807, 2.05) is 0 Å². The largest absolute Gasteiger partial charge is 0.394 e. The van der Waals surface area contributed by atoms with Crippen molar-refractivity contribution in [3.63, 3.8) is 0 Å². The molecule has 0 bridgehead atoms. The van der Waals surface area contributed by atoms with Gasteiger partial charge in [0.1, 0.15) is 73.2 Å². The molecule has 3 heterocycles. The van der Waals surface area contributed by atoms with E-state index in [1.54, 1.807) is 13.8 Å². The smallest absolute Gasteiger partial charge is 0.187 e. The highest BCUT2D eigenvalue weighted by molar-refractivity contribution is 5.32. The Labute approximate surface area is 400 Å². The Balaban J connectivity index is 1.11. The summed E-state index contributed by atoms with van der Waals surface area (Å²) in [4.78, 5) is 0. The van der Waals surface area contributed by atoms with Crippen molar-refractivity contribution in [2.75, 3.05) is 19.8 Å². The Kier molecular flexibility index (Phi) is 16.4. The molecular formula is C49H84O19. The van der Waals surface area contributed by atoms with Crippen molar-refractivity contribution in [1.82, 2.24) is 0 Å². The normalized spacial score (nSPS) is 50.4. The van der Waals surface area contributed by atoms with E-state index in [1.165, 1.54) is 5.57 Å². The molecule has 7 aliphatic rings. The summed E-state index contributed by atoms with van der Waals surface area (Å²) in [5, 5.41) is 141. The summed E-state index contributed by atoms with van der Waals surface area (Å²) in [5.41, 5.74) is -1.26. The highest BCUT2D eigenvalue weighted by Crippen LogP contribution is 2.76. The summed E-state index contributed by atoms with van der Waals surface area (Å²) in [7, 11) is 0. The molecule has 3 aliphatic heterocycles. The third-order valence-electron chi connectivity index (χ3n) is 19.0. The van der Waals surface area contributed by atoms with Gasteiger partial charge < -0.3 is 94.8 Å². The van der Waals surface area contributed by atoms with Gasteiger partial charge >= 0.3 is 0 Å². The lowest BCUT2D eigenvalue weighted by molar-refractivity contribution is -0.380. The van der Waals surface area contributed by atoms with Gasteiger partial charge in [-0.25, -0.2) is 0 Å². The van der Waals surface area contributed by atoms with Gasteiger partial charge in [-0.05, 0) is 106 Å². The highest BCUT2D eigenvalue weighted by Gasteiger charge is 2.71. The van der Waals surface area contributed by atoms with Crippen LogP contribution in [0.3, 0.4) is 0 Å². The predicted octanol–water partition coefficient (Wildman–Crippen LogP) is -0.666. The number of fused-ring (bicyclic) bond motifs is 5. The molecule has 19 heteroatoms. The third-order valence-corrected chi connectivity index (χ3v) is 19.0. The minimum Gasteiger partial charge on any atom is -0.394 e. The first-order valence-corrected chi connectivity index (χ1v) is 25.1. The zero-order chi connectivity index (χ0) is 50.2. The zero-order valence-corrected chi connectivity index (χ0v) is 41.0. The number of ether oxygens (including phenoxy) is 6. The molecule has 68 heavy (non-hydrogen) atoms. The van der Waals surface area contributed by atoms with Gasteiger partial charge in [-0.15, -0.1) is 0 Å². The van der Waals surface area contributed by atoms with Crippen LogP contribution in [0, 0.1) is 45.3 Å². The summed E-state index contributed by atoms with van der Waals surface area (Å²) in [6, 6.07) is 0. The molecule has 4 aliphatic carbocycles. The lowest BCUT2D eigenvalue weighted by Crippen LogP contribution is -2.65. The topological polar surface area (TPSA) is 318 Å². The molecule has 0 aromatic rings. The molecule has 0 radical (unpaired) electrons. The van der Waals surface area contributed by atoms with E-state index in [2.05, 4.69) is 47.6 Å². The number of hydrogen-bond acceptors (Lipinski definition) is 19. The summed E-state index contributed by atoms with van der Waals surface area (Å²) in [6.45, 7) is 14.4. The van der Waals surface area contributed by atoms with Gasteiger partial charge in [-0.2, -0.15) is 0 Å². The van der Waals surface area contributed by atoms with Gasteiger partial charge in [-0.3, -0.25) is 0 Å². The number of allylic oxidation sites excluding steroid dienone is 1. The van der Waals surface area contributed by atoms with E-state index in [9.17, 15) is 66.4 Å². The highest BCUT2D eigenvalue weighted by atomic mass is 16.8. The average Bonchev–Trinajstić information content (AvgIpc) is 3.59. The summed E-state index contributed by atoms with van der Waals surface area (Å²) in [5.74, 6) is 0.699. The lowest BCUT2D eigenvalue weighted by Gasteiger charge is -2.68. The number of hydrogen-bond donors (Lipinski definition) is 13. The Morgan fingerprint density at radius 3 is 1.87 bits per heavy atom. The standard InChI is InChI=1S/C49H84O19/c1-9-49-17-16-23(47(49,7)18-31(53)48(8)25-12-14-30(52)45(3,4)24(25)11-13-29(48)49)22(2)10-15-32(46(5,6)62)67-44-41(68-43-40(61)37(58)34(55)27(20-51)65-43)38(59)35(56)28(66-44)21-63-42-39(60)36(57)33(54)26(19-50)64-42/h11,22-23,25-44,50-62H,9-10,12-21H2,1-8H3/t22-,23?,25?,26-,27-,28-,29?,30+,31-,32-,33-,34-,35-,36+,37+,38+,39-,40-,41-,42-,43+,44+,47-,48+,49+/m1/s1. The van der Waals surface area contributed by atoms with Gasteiger partial charge in [0.05, 0.1) is 43.7 Å². The number of aliphatic hydroxyl groups is 13. The molecule has 3 saturated carbocycles. The van der Waals surface area contributed by atoms with Gasteiger partial charge in [-0.1, -0.05) is 53.2 Å². The van der Waals surface area contributed by atoms with Crippen molar-refractivity contribution in [3.8, 4) is 0 Å². The molecule has 7 rings (SSSR count). The maximum absolute atomic E-state index is 12.5. The van der Waals surface area contributed by atoms with E-state index in [-0.39, 0.29) is 51.8 Å². The van der Waals surface area contributed by atoms with Crippen molar-refractivity contribution < 1.29 is 94.8 Å². The maximum atomic E-state index is 12.5. The molecule has 6 fully saturated rings. The maximum Gasteiger partial charge on any atom is 0.187 e. The monoisotopic (exact) mass is 977 g/mol.